The molecule has 0 bridgehead atoms. The van der Waals surface area contributed by atoms with Gasteiger partial charge in [0.05, 0.1) is 0 Å². The van der Waals surface area contributed by atoms with Gasteiger partial charge in [-0.25, -0.2) is 0 Å². The third-order valence-corrected chi connectivity index (χ3v) is 3.91. The molecular weight excluding hydrogens is 298 g/mol. The van der Waals surface area contributed by atoms with Gasteiger partial charge in [0.1, 0.15) is 0 Å². The Morgan fingerprint density at radius 1 is 1.41 bits per heavy atom. The molecule has 90 valence electrons. The van der Waals surface area contributed by atoms with E-state index < -0.39 is 0 Å². The molecule has 2 rings (SSSR count). The van der Waals surface area contributed by atoms with Gasteiger partial charge < -0.3 is 5.32 Å². The van der Waals surface area contributed by atoms with E-state index in [1.165, 1.54) is 17.1 Å². The first kappa shape index (κ1) is 12.5. The maximum Gasteiger partial charge on any atom is 0.202 e. The first-order valence-electron chi connectivity index (χ1n) is 5.55. The molecule has 0 saturated heterocycles. The molecule has 0 aliphatic rings. The van der Waals surface area contributed by atoms with Gasteiger partial charge >= 0.3 is 0 Å². The molecule has 0 atom stereocenters. The van der Waals surface area contributed by atoms with Crippen LogP contribution in [-0.4, -0.2) is 15.9 Å². The number of halogens is 1. The summed E-state index contributed by atoms with van der Waals surface area (Å²) in [6.07, 6.45) is 1.09. The highest BCUT2D eigenvalue weighted by Gasteiger charge is 2.07. The zero-order chi connectivity index (χ0) is 12.3. The molecule has 5 heteroatoms. The summed E-state index contributed by atoms with van der Waals surface area (Å²) in [4.78, 5) is 4.46. The van der Waals surface area contributed by atoms with E-state index in [0.717, 1.165) is 34.0 Å². The minimum Gasteiger partial charge on any atom is -0.360 e. The van der Waals surface area contributed by atoms with E-state index in [2.05, 4.69) is 56.6 Å². The normalized spacial score (nSPS) is 10.5. The maximum atomic E-state index is 4.46. The SMILES string of the molecule is CCCNc1nc(-c2ccc(C)c(Br)c2)ns1. The molecule has 0 fully saturated rings. The number of aryl methyl sites for hydroxylation is 1. The van der Waals surface area contributed by atoms with Gasteiger partial charge in [-0.3, -0.25) is 0 Å². The molecule has 0 radical (unpaired) electrons. The number of nitrogens with zero attached hydrogens (tertiary/aromatic N) is 2. The second kappa shape index (κ2) is 5.60. The minimum atomic E-state index is 0.786. The van der Waals surface area contributed by atoms with Gasteiger partial charge in [0.2, 0.25) is 5.13 Å². The van der Waals surface area contributed by atoms with Gasteiger partial charge in [0, 0.05) is 28.1 Å². The van der Waals surface area contributed by atoms with Gasteiger partial charge in [-0.2, -0.15) is 9.36 Å². The lowest BCUT2D eigenvalue weighted by Gasteiger charge is -2.00. The van der Waals surface area contributed by atoms with Crippen molar-refractivity contribution in [1.29, 1.82) is 0 Å². The standard InChI is InChI=1S/C12H14BrN3S/c1-3-6-14-12-15-11(16-17-12)9-5-4-8(2)10(13)7-9/h4-5,7H,3,6H2,1-2H3,(H,14,15,16). The van der Waals surface area contributed by atoms with Crippen LogP contribution in [0.3, 0.4) is 0 Å². The zero-order valence-corrected chi connectivity index (χ0v) is 12.2. The highest BCUT2D eigenvalue weighted by molar-refractivity contribution is 9.10. The molecule has 1 aromatic heterocycles. The summed E-state index contributed by atoms with van der Waals surface area (Å²) < 4.78 is 5.45. The summed E-state index contributed by atoms with van der Waals surface area (Å²) in [6.45, 7) is 5.13. The van der Waals surface area contributed by atoms with E-state index >= 15 is 0 Å². The van der Waals surface area contributed by atoms with E-state index in [9.17, 15) is 0 Å². The fourth-order valence-corrected chi connectivity index (χ4v) is 2.37. The van der Waals surface area contributed by atoms with E-state index in [1.54, 1.807) is 0 Å². The fourth-order valence-electron chi connectivity index (χ4n) is 1.38. The van der Waals surface area contributed by atoms with Crippen LogP contribution in [0.25, 0.3) is 11.4 Å². The van der Waals surface area contributed by atoms with E-state index in [-0.39, 0.29) is 0 Å². The lowest BCUT2D eigenvalue weighted by molar-refractivity contribution is 0.976. The van der Waals surface area contributed by atoms with Crippen molar-refractivity contribution >= 4 is 32.6 Å². The third-order valence-electron chi connectivity index (χ3n) is 2.38. The highest BCUT2D eigenvalue weighted by atomic mass is 79.9. The van der Waals surface area contributed by atoms with Crippen LogP contribution >= 0.6 is 27.5 Å². The minimum absolute atomic E-state index is 0.786. The molecule has 17 heavy (non-hydrogen) atoms. The monoisotopic (exact) mass is 311 g/mol. The van der Waals surface area contributed by atoms with Crippen LogP contribution in [0.1, 0.15) is 18.9 Å². The topological polar surface area (TPSA) is 37.8 Å². The van der Waals surface area contributed by atoms with Gasteiger partial charge in [0.15, 0.2) is 5.82 Å². The number of rotatable bonds is 4. The number of nitrogens with one attached hydrogen (secondary N) is 1. The quantitative estimate of drug-likeness (QED) is 0.923. The number of aromatic nitrogens is 2. The van der Waals surface area contributed by atoms with Crippen molar-refractivity contribution in [2.75, 3.05) is 11.9 Å². The van der Waals surface area contributed by atoms with Crippen LogP contribution in [0.4, 0.5) is 5.13 Å². The molecule has 0 aliphatic heterocycles. The molecule has 0 saturated carbocycles. The highest BCUT2D eigenvalue weighted by Crippen LogP contribution is 2.25. The summed E-state index contributed by atoms with van der Waals surface area (Å²) in [5.41, 5.74) is 2.26. The Morgan fingerprint density at radius 3 is 2.94 bits per heavy atom. The third kappa shape index (κ3) is 3.04. The number of anilines is 1. The van der Waals surface area contributed by atoms with Crippen molar-refractivity contribution in [3.8, 4) is 11.4 Å². The van der Waals surface area contributed by atoms with Crippen LogP contribution in [0.15, 0.2) is 22.7 Å². The number of hydrogen-bond acceptors (Lipinski definition) is 4. The average molecular weight is 312 g/mol. The Labute approximate surface area is 114 Å². The smallest absolute Gasteiger partial charge is 0.202 e. The van der Waals surface area contributed by atoms with Crippen LogP contribution in [0.2, 0.25) is 0 Å². The second-order valence-electron chi connectivity index (χ2n) is 3.81. The van der Waals surface area contributed by atoms with E-state index in [1.807, 2.05) is 6.07 Å². The van der Waals surface area contributed by atoms with Crippen LogP contribution in [-0.2, 0) is 0 Å². The van der Waals surface area contributed by atoms with Crippen molar-refractivity contribution < 1.29 is 0 Å². The molecule has 1 N–H and O–H groups in total. The van der Waals surface area contributed by atoms with Gasteiger partial charge in [0.25, 0.3) is 0 Å². The van der Waals surface area contributed by atoms with Gasteiger partial charge in [-0.1, -0.05) is 35.0 Å². The Morgan fingerprint density at radius 2 is 2.24 bits per heavy atom. The number of hydrogen-bond donors (Lipinski definition) is 1. The van der Waals surface area contributed by atoms with Gasteiger partial charge in [-0.15, -0.1) is 0 Å². The summed E-state index contributed by atoms with van der Waals surface area (Å²) in [7, 11) is 0. The predicted molar refractivity (Wildman–Crippen MR) is 76.6 cm³/mol. The summed E-state index contributed by atoms with van der Waals surface area (Å²) in [5, 5.41) is 4.13. The van der Waals surface area contributed by atoms with Crippen LogP contribution < -0.4 is 5.32 Å². The predicted octanol–water partition coefficient (Wildman–Crippen LogP) is 4.10. The van der Waals surface area contributed by atoms with Crippen molar-refractivity contribution in [1.82, 2.24) is 9.36 Å². The Bertz CT molecular complexity index is 510. The first-order valence-corrected chi connectivity index (χ1v) is 7.11. The Balaban J connectivity index is 2.21. The number of benzene rings is 1. The van der Waals surface area contributed by atoms with E-state index in [0.29, 0.717) is 0 Å². The molecular formula is C12H14BrN3S. The maximum absolute atomic E-state index is 4.46. The van der Waals surface area contributed by atoms with Gasteiger partial charge in [-0.05, 0) is 25.0 Å². The summed E-state index contributed by atoms with van der Waals surface area (Å²) >= 11 is 4.93. The summed E-state index contributed by atoms with van der Waals surface area (Å²) in [5.74, 6) is 0.786. The molecule has 0 amide bonds. The van der Waals surface area contributed by atoms with Crippen molar-refractivity contribution in [3.05, 3.63) is 28.2 Å². The molecule has 0 aliphatic carbocycles. The molecule has 1 heterocycles. The van der Waals surface area contributed by atoms with Crippen LogP contribution in [0.5, 0.6) is 0 Å². The molecule has 1 aromatic carbocycles. The molecule has 0 unspecified atom stereocenters. The Hall–Kier alpha value is -0.940. The summed E-state index contributed by atoms with van der Waals surface area (Å²) in [6, 6.07) is 6.17. The molecule has 2 aromatic rings. The largest absolute Gasteiger partial charge is 0.360 e. The lowest BCUT2D eigenvalue weighted by atomic mass is 10.1. The first-order chi connectivity index (χ1) is 8.20. The lowest BCUT2D eigenvalue weighted by Crippen LogP contribution is -1.98. The Kier molecular flexibility index (Phi) is 4.12. The van der Waals surface area contributed by atoms with Crippen LogP contribution in [0, 0.1) is 6.92 Å². The zero-order valence-electron chi connectivity index (χ0n) is 9.83. The van der Waals surface area contributed by atoms with Crippen molar-refractivity contribution in [2.45, 2.75) is 20.3 Å². The van der Waals surface area contributed by atoms with Crippen molar-refractivity contribution in [3.63, 3.8) is 0 Å². The fraction of sp³-hybridized carbons (Fsp3) is 0.333. The molecule has 3 nitrogen and oxygen atoms in total. The second-order valence-corrected chi connectivity index (χ2v) is 5.42. The molecule has 0 spiro atoms. The van der Waals surface area contributed by atoms with Crippen molar-refractivity contribution in [2.24, 2.45) is 0 Å². The average Bonchev–Trinajstić information content (AvgIpc) is 2.79. The van der Waals surface area contributed by atoms with E-state index in [4.69, 9.17) is 0 Å².